The molecule has 0 aliphatic carbocycles. The van der Waals surface area contributed by atoms with Crippen molar-refractivity contribution in [1.82, 2.24) is 25.1 Å². The lowest BCUT2D eigenvalue weighted by Crippen LogP contribution is -2.48. The van der Waals surface area contributed by atoms with Gasteiger partial charge in [0, 0.05) is 36.7 Å². The fraction of sp³-hybridized carbons (Fsp3) is 0.476. The molecule has 1 aliphatic heterocycles. The Labute approximate surface area is 170 Å². The largest absolute Gasteiger partial charge is 0.369 e. The maximum Gasteiger partial charge on any atom is 0.174 e. The number of piperazine rings is 1. The van der Waals surface area contributed by atoms with Gasteiger partial charge < -0.3 is 4.90 Å². The van der Waals surface area contributed by atoms with E-state index in [1.54, 1.807) is 11.3 Å². The SMILES string of the molecule is CCC(C)(C)n1nnnc1[C@@H](c1cccs1)N1CCN(c2ccccc2)CC1. The molecule has 3 heterocycles. The van der Waals surface area contributed by atoms with E-state index < -0.39 is 0 Å². The molecule has 7 heteroatoms. The molecular weight excluding hydrogens is 368 g/mol. The van der Waals surface area contributed by atoms with Crippen LogP contribution in [-0.4, -0.2) is 51.3 Å². The number of hydrogen-bond acceptors (Lipinski definition) is 6. The molecule has 1 atom stereocenters. The van der Waals surface area contributed by atoms with Crippen molar-refractivity contribution >= 4 is 17.0 Å². The minimum absolute atomic E-state index is 0.0961. The average molecular weight is 397 g/mol. The van der Waals surface area contributed by atoms with Gasteiger partial charge in [-0.15, -0.1) is 16.4 Å². The predicted molar refractivity (Wildman–Crippen MR) is 114 cm³/mol. The molecule has 28 heavy (non-hydrogen) atoms. The fourth-order valence-corrected chi connectivity index (χ4v) is 4.59. The van der Waals surface area contributed by atoms with Crippen LogP contribution in [0.3, 0.4) is 0 Å². The summed E-state index contributed by atoms with van der Waals surface area (Å²) in [6, 6.07) is 15.1. The van der Waals surface area contributed by atoms with E-state index >= 15 is 0 Å². The molecule has 1 saturated heterocycles. The van der Waals surface area contributed by atoms with Gasteiger partial charge in [-0.2, -0.15) is 0 Å². The minimum atomic E-state index is -0.111. The summed E-state index contributed by atoms with van der Waals surface area (Å²) in [7, 11) is 0. The van der Waals surface area contributed by atoms with E-state index in [-0.39, 0.29) is 11.6 Å². The molecule has 4 rings (SSSR count). The third-order valence-electron chi connectivity index (χ3n) is 5.79. The molecule has 1 fully saturated rings. The molecule has 6 nitrogen and oxygen atoms in total. The highest BCUT2D eigenvalue weighted by atomic mass is 32.1. The van der Waals surface area contributed by atoms with Gasteiger partial charge in [-0.05, 0) is 54.3 Å². The number of nitrogens with zero attached hydrogens (tertiary/aromatic N) is 6. The molecule has 0 unspecified atom stereocenters. The maximum atomic E-state index is 4.49. The maximum absolute atomic E-state index is 4.49. The van der Waals surface area contributed by atoms with E-state index in [0.717, 1.165) is 38.4 Å². The van der Waals surface area contributed by atoms with E-state index in [4.69, 9.17) is 0 Å². The minimum Gasteiger partial charge on any atom is -0.369 e. The Kier molecular flexibility index (Phi) is 5.46. The first-order valence-corrected chi connectivity index (χ1v) is 10.8. The number of aromatic nitrogens is 4. The molecular formula is C21H28N6S. The van der Waals surface area contributed by atoms with Crippen molar-refractivity contribution in [2.75, 3.05) is 31.1 Å². The zero-order valence-electron chi connectivity index (χ0n) is 16.8. The van der Waals surface area contributed by atoms with Gasteiger partial charge in [0.1, 0.15) is 6.04 Å². The molecule has 0 saturated carbocycles. The lowest BCUT2D eigenvalue weighted by Gasteiger charge is -2.40. The molecule has 0 spiro atoms. The number of rotatable bonds is 6. The second kappa shape index (κ2) is 8.01. The summed E-state index contributed by atoms with van der Waals surface area (Å²) in [5.74, 6) is 0.947. The van der Waals surface area contributed by atoms with Crippen molar-refractivity contribution in [3.05, 3.63) is 58.5 Å². The van der Waals surface area contributed by atoms with E-state index in [0.29, 0.717) is 0 Å². The van der Waals surface area contributed by atoms with Crippen LogP contribution in [0.4, 0.5) is 5.69 Å². The van der Waals surface area contributed by atoms with Gasteiger partial charge in [-0.25, -0.2) is 4.68 Å². The van der Waals surface area contributed by atoms with E-state index in [1.165, 1.54) is 10.6 Å². The molecule has 1 aliphatic rings. The molecule has 1 aromatic carbocycles. The van der Waals surface area contributed by atoms with Gasteiger partial charge in [-0.3, -0.25) is 4.90 Å². The van der Waals surface area contributed by atoms with Crippen LogP contribution in [0.15, 0.2) is 47.8 Å². The average Bonchev–Trinajstić information content (AvgIpc) is 3.43. The van der Waals surface area contributed by atoms with Crippen molar-refractivity contribution in [1.29, 1.82) is 0 Å². The van der Waals surface area contributed by atoms with Crippen LogP contribution in [0.25, 0.3) is 0 Å². The van der Waals surface area contributed by atoms with Crippen molar-refractivity contribution in [2.45, 2.75) is 38.8 Å². The molecule has 0 N–H and O–H groups in total. The fourth-order valence-electron chi connectivity index (χ4n) is 3.74. The highest BCUT2D eigenvalue weighted by Gasteiger charge is 2.34. The molecule has 0 bridgehead atoms. The predicted octanol–water partition coefficient (Wildman–Crippen LogP) is 3.79. The van der Waals surface area contributed by atoms with Crippen LogP contribution in [-0.2, 0) is 5.54 Å². The molecule has 0 amide bonds. The first kappa shape index (κ1) is 19.1. The lowest BCUT2D eigenvalue weighted by molar-refractivity contribution is 0.189. The highest BCUT2D eigenvalue weighted by Crippen LogP contribution is 2.34. The van der Waals surface area contributed by atoms with Crippen LogP contribution >= 0.6 is 11.3 Å². The van der Waals surface area contributed by atoms with E-state index in [1.807, 2.05) is 4.68 Å². The zero-order valence-corrected chi connectivity index (χ0v) is 17.6. The van der Waals surface area contributed by atoms with Crippen LogP contribution in [0.1, 0.15) is 43.9 Å². The number of tetrazole rings is 1. The lowest BCUT2D eigenvalue weighted by atomic mass is 10.0. The van der Waals surface area contributed by atoms with Crippen molar-refractivity contribution in [3.63, 3.8) is 0 Å². The highest BCUT2D eigenvalue weighted by molar-refractivity contribution is 7.10. The normalized spacial score (nSPS) is 17.0. The quantitative estimate of drug-likeness (QED) is 0.634. The van der Waals surface area contributed by atoms with E-state index in [9.17, 15) is 0 Å². The zero-order chi connectivity index (χ0) is 19.6. The Morgan fingerprint density at radius 1 is 1.04 bits per heavy atom. The Balaban J connectivity index is 1.61. The van der Waals surface area contributed by atoms with Crippen molar-refractivity contribution in [3.8, 4) is 0 Å². The Morgan fingerprint density at radius 2 is 1.79 bits per heavy atom. The summed E-state index contributed by atoms with van der Waals surface area (Å²) in [6.45, 7) is 10.6. The summed E-state index contributed by atoms with van der Waals surface area (Å²) in [5.41, 5.74) is 1.19. The summed E-state index contributed by atoms with van der Waals surface area (Å²) >= 11 is 1.78. The van der Waals surface area contributed by atoms with Crippen LogP contribution in [0, 0.1) is 0 Å². The smallest absolute Gasteiger partial charge is 0.174 e. The summed E-state index contributed by atoms with van der Waals surface area (Å²) in [5, 5.41) is 15.1. The molecule has 148 valence electrons. The molecule has 0 radical (unpaired) electrons. The number of thiophene rings is 1. The van der Waals surface area contributed by atoms with Gasteiger partial charge >= 0.3 is 0 Å². The standard InChI is InChI=1S/C21H28N6S/c1-4-21(2,3)27-20(22-23-24-27)19(18-11-8-16-28-18)26-14-12-25(13-15-26)17-9-6-5-7-10-17/h5-11,16,19H,4,12-15H2,1-3H3/t19-/m1/s1. The third kappa shape index (κ3) is 3.69. The van der Waals surface area contributed by atoms with Crippen LogP contribution in [0.5, 0.6) is 0 Å². The van der Waals surface area contributed by atoms with Gasteiger partial charge in [-0.1, -0.05) is 31.2 Å². The van der Waals surface area contributed by atoms with Gasteiger partial charge in [0.2, 0.25) is 0 Å². The number of hydrogen-bond donors (Lipinski definition) is 0. The topological polar surface area (TPSA) is 50.1 Å². The Bertz CT molecular complexity index is 865. The second-order valence-corrected chi connectivity index (χ2v) is 8.87. The van der Waals surface area contributed by atoms with E-state index in [2.05, 4.69) is 93.9 Å². The molecule has 2 aromatic heterocycles. The van der Waals surface area contributed by atoms with Crippen LogP contribution < -0.4 is 4.90 Å². The summed E-state index contributed by atoms with van der Waals surface area (Å²) in [4.78, 5) is 6.29. The number of anilines is 1. The Hall–Kier alpha value is -2.25. The summed E-state index contributed by atoms with van der Waals surface area (Å²) in [6.07, 6.45) is 0.976. The number of benzene rings is 1. The van der Waals surface area contributed by atoms with Gasteiger partial charge in [0.05, 0.1) is 5.54 Å². The van der Waals surface area contributed by atoms with Crippen LogP contribution in [0.2, 0.25) is 0 Å². The second-order valence-electron chi connectivity index (χ2n) is 7.89. The Morgan fingerprint density at radius 3 is 2.43 bits per heavy atom. The van der Waals surface area contributed by atoms with Gasteiger partial charge in [0.15, 0.2) is 5.82 Å². The monoisotopic (exact) mass is 396 g/mol. The number of para-hydroxylation sites is 1. The van der Waals surface area contributed by atoms with Crippen molar-refractivity contribution in [2.24, 2.45) is 0 Å². The first-order chi connectivity index (χ1) is 13.6. The summed E-state index contributed by atoms with van der Waals surface area (Å²) < 4.78 is 2.03. The molecule has 3 aromatic rings. The third-order valence-corrected chi connectivity index (χ3v) is 6.71. The first-order valence-electron chi connectivity index (χ1n) is 9.96. The van der Waals surface area contributed by atoms with Gasteiger partial charge in [0.25, 0.3) is 0 Å². The van der Waals surface area contributed by atoms with Crippen molar-refractivity contribution < 1.29 is 0 Å².